The normalized spacial score (nSPS) is 19.4. The molecule has 0 saturated carbocycles. The van der Waals surface area contributed by atoms with Gasteiger partial charge in [-0.2, -0.15) is 0 Å². The zero-order chi connectivity index (χ0) is 24.4. The van der Waals surface area contributed by atoms with E-state index in [0.29, 0.717) is 54.4 Å². The van der Waals surface area contributed by atoms with Crippen LogP contribution in [0.2, 0.25) is 0 Å². The van der Waals surface area contributed by atoms with E-state index < -0.39 is 6.04 Å². The van der Waals surface area contributed by atoms with Crippen molar-refractivity contribution in [3.8, 4) is 11.5 Å². The van der Waals surface area contributed by atoms with Gasteiger partial charge in [0.2, 0.25) is 5.76 Å². The summed E-state index contributed by atoms with van der Waals surface area (Å²) in [5.74, 6) is 1.08. The molecule has 0 N–H and O–H groups in total. The maximum Gasteiger partial charge on any atom is 0.291 e. The summed E-state index contributed by atoms with van der Waals surface area (Å²) >= 11 is 0. The van der Waals surface area contributed by atoms with Crippen LogP contribution in [-0.4, -0.2) is 43.3 Å². The monoisotopic (exact) mass is 477 g/mol. The number of unbranched alkanes of at least 4 members (excludes halogenated alkanes) is 1. The fourth-order valence-electron chi connectivity index (χ4n) is 4.92. The lowest BCUT2D eigenvalue weighted by molar-refractivity contribution is 0.0486. The molecule has 1 amide bonds. The lowest BCUT2D eigenvalue weighted by atomic mass is 9.97. The van der Waals surface area contributed by atoms with E-state index in [1.165, 1.54) is 0 Å². The van der Waals surface area contributed by atoms with E-state index in [0.717, 1.165) is 31.2 Å². The van der Waals surface area contributed by atoms with Gasteiger partial charge < -0.3 is 23.5 Å². The molecule has 7 nitrogen and oxygen atoms in total. The first-order chi connectivity index (χ1) is 17.1. The number of benzene rings is 2. The molecule has 2 aromatic carbocycles. The molecule has 5 rings (SSSR count). The van der Waals surface area contributed by atoms with Crippen molar-refractivity contribution in [1.82, 2.24) is 4.90 Å². The van der Waals surface area contributed by atoms with Crippen LogP contribution in [0, 0.1) is 0 Å². The SMILES string of the molecule is CCCCOc1ccc(C2c3c(oc4ccccc4c3=O)C(=O)N2CC2CCCO2)cc1OCC. The number of ether oxygens (including phenoxy) is 3. The minimum atomic E-state index is -0.591. The van der Waals surface area contributed by atoms with Crippen molar-refractivity contribution in [3.63, 3.8) is 0 Å². The van der Waals surface area contributed by atoms with Crippen LogP contribution in [0.1, 0.15) is 67.3 Å². The minimum absolute atomic E-state index is 0.0664. The minimum Gasteiger partial charge on any atom is -0.490 e. The molecule has 1 fully saturated rings. The fourth-order valence-corrected chi connectivity index (χ4v) is 4.92. The number of hydrogen-bond donors (Lipinski definition) is 0. The van der Waals surface area contributed by atoms with Gasteiger partial charge in [-0.25, -0.2) is 0 Å². The second-order valence-corrected chi connectivity index (χ2v) is 9.01. The van der Waals surface area contributed by atoms with Crippen molar-refractivity contribution in [3.05, 3.63) is 69.6 Å². The molecular formula is C28H31NO6. The van der Waals surface area contributed by atoms with Gasteiger partial charge in [-0.05, 0) is 56.0 Å². The summed E-state index contributed by atoms with van der Waals surface area (Å²) in [7, 11) is 0. The Kier molecular flexibility index (Phi) is 6.77. The maximum atomic E-state index is 13.7. The number of amides is 1. The predicted molar refractivity (Wildman–Crippen MR) is 132 cm³/mol. The summed E-state index contributed by atoms with van der Waals surface area (Å²) in [6, 6.07) is 12.1. The Morgan fingerprint density at radius 3 is 2.69 bits per heavy atom. The van der Waals surface area contributed by atoms with Gasteiger partial charge >= 0.3 is 0 Å². The average molecular weight is 478 g/mol. The molecular weight excluding hydrogens is 446 g/mol. The molecule has 7 heteroatoms. The Labute approximate surface area is 204 Å². The molecule has 0 radical (unpaired) electrons. The first-order valence-electron chi connectivity index (χ1n) is 12.5. The van der Waals surface area contributed by atoms with Gasteiger partial charge in [0.1, 0.15) is 5.58 Å². The van der Waals surface area contributed by atoms with Crippen LogP contribution in [0.3, 0.4) is 0 Å². The van der Waals surface area contributed by atoms with E-state index in [2.05, 4.69) is 6.92 Å². The van der Waals surface area contributed by atoms with Gasteiger partial charge in [0, 0.05) is 13.2 Å². The van der Waals surface area contributed by atoms with Crippen LogP contribution in [-0.2, 0) is 4.74 Å². The van der Waals surface area contributed by atoms with Crippen molar-refractivity contribution in [1.29, 1.82) is 0 Å². The predicted octanol–water partition coefficient (Wildman–Crippen LogP) is 5.09. The fraction of sp³-hybridized carbons (Fsp3) is 0.429. The van der Waals surface area contributed by atoms with Gasteiger partial charge in [0.15, 0.2) is 16.9 Å². The average Bonchev–Trinajstić information content (AvgIpc) is 3.48. The Bertz CT molecular complexity index is 1280. The number of nitrogens with zero attached hydrogens (tertiary/aromatic N) is 1. The second-order valence-electron chi connectivity index (χ2n) is 9.01. The van der Waals surface area contributed by atoms with Gasteiger partial charge in [-0.15, -0.1) is 0 Å². The van der Waals surface area contributed by atoms with Gasteiger partial charge in [0.05, 0.1) is 36.3 Å². The van der Waals surface area contributed by atoms with Crippen molar-refractivity contribution < 1.29 is 23.4 Å². The van der Waals surface area contributed by atoms with Gasteiger partial charge in [-0.1, -0.05) is 31.5 Å². The third-order valence-corrected chi connectivity index (χ3v) is 6.64. The number of fused-ring (bicyclic) bond motifs is 2. The molecule has 2 atom stereocenters. The topological polar surface area (TPSA) is 78.2 Å². The summed E-state index contributed by atoms with van der Waals surface area (Å²) in [4.78, 5) is 29.0. The Morgan fingerprint density at radius 2 is 1.91 bits per heavy atom. The smallest absolute Gasteiger partial charge is 0.291 e. The first kappa shape index (κ1) is 23.4. The Morgan fingerprint density at radius 1 is 1.06 bits per heavy atom. The molecule has 0 spiro atoms. The zero-order valence-electron chi connectivity index (χ0n) is 20.2. The molecule has 0 bridgehead atoms. The van der Waals surface area contributed by atoms with Crippen LogP contribution in [0.15, 0.2) is 51.7 Å². The molecule has 2 aliphatic heterocycles. The highest BCUT2D eigenvalue weighted by Gasteiger charge is 2.44. The van der Waals surface area contributed by atoms with Crippen LogP contribution < -0.4 is 14.9 Å². The summed E-state index contributed by atoms with van der Waals surface area (Å²) in [5, 5.41) is 0.465. The summed E-state index contributed by atoms with van der Waals surface area (Å²) < 4.78 is 23.7. The van der Waals surface area contributed by atoms with E-state index in [9.17, 15) is 9.59 Å². The highest BCUT2D eigenvalue weighted by atomic mass is 16.5. The molecule has 35 heavy (non-hydrogen) atoms. The van der Waals surface area contributed by atoms with Gasteiger partial charge in [-0.3, -0.25) is 9.59 Å². The number of carbonyl (C=O) groups is 1. The lowest BCUT2D eigenvalue weighted by Gasteiger charge is -2.28. The number of para-hydroxylation sites is 1. The molecule has 184 valence electrons. The summed E-state index contributed by atoms with van der Waals surface area (Å²) in [5.41, 5.74) is 1.38. The molecule has 3 heterocycles. The number of rotatable bonds is 9. The molecule has 2 aliphatic rings. The summed E-state index contributed by atoms with van der Waals surface area (Å²) in [6.07, 6.45) is 3.75. The van der Waals surface area contributed by atoms with E-state index >= 15 is 0 Å². The molecule has 2 unspecified atom stereocenters. The molecule has 1 saturated heterocycles. The molecule has 1 aromatic heterocycles. The second kappa shape index (κ2) is 10.1. The van der Waals surface area contributed by atoms with Crippen molar-refractivity contribution >= 4 is 16.9 Å². The zero-order valence-corrected chi connectivity index (χ0v) is 20.2. The van der Waals surface area contributed by atoms with Gasteiger partial charge in [0.25, 0.3) is 5.91 Å². The van der Waals surface area contributed by atoms with Crippen LogP contribution in [0.4, 0.5) is 0 Å². The molecule has 3 aromatic rings. The van der Waals surface area contributed by atoms with E-state index in [1.54, 1.807) is 29.2 Å². The molecule has 0 aliphatic carbocycles. The van der Waals surface area contributed by atoms with E-state index in [4.69, 9.17) is 18.6 Å². The van der Waals surface area contributed by atoms with Crippen molar-refractivity contribution in [2.45, 2.75) is 51.7 Å². The third-order valence-electron chi connectivity index (χ3n) is 6.64. The third kappa shape index (κ3) is 4.41. The highest BCUT2D eigenvalue weighted by Crippen LogP contribution is 2.41. The summed E-state index contributed by atoms with van der Waals surface area (Å²) in [6.45, 7) is 6.18. The van der Waals surface area contributed by atoms with Crippen LogP contribution in [0.5, 0.6) is 11.5 Å². The largest absolute Gasteiger partial charge is 0.490 e. The maximum absolute atomic E-state index is 13.7. The highest BCUT2D eigenvalue weighted by molar-refractivity contribution is 5.99. The van der Waals surface area contributed by atoms with Crippen molar-refractivity contribution in [2.75, 3.05) is 26.4 Å². The number of carbonyl (C=O) groups excluding carboxylic acids is 1. The van der Waals surface area contributed by atoms with Crippen LogP contribution >= 0.6 is 0 Å². The quantitative estimate of drug-likeness (QED) is 0.399. The first-order valence-corrected chi connectivity index (χ1v) is 12.5. The number of hydrogen-bond acceptors (Lipinski definition) is 6. The lowest BCUT2D eigenvalue weighted by Crippen LogP contribution is -2.36. The van der Waals surface area contributed by atoms with E-state index in [1.807, 2.05) is 25.1 Å². The Hall–Kier alpha value is -3.32. The standard InChI is InChI=1S/C28H31NO6/c1-3-5-14-34-22-13-12-18(16-23(22)32-4-2)25-24-26(30)20-10-6-7-11-21(20)35-27(24)28(31)29(25)17-19-9-8-15-33-19/h6-7,10-13,16,19,25H,3-5,8-9,14-15,17H2,1-2H3. The van der Waals surface area contributed by atoms with E-state index in [-0.39, 0.29) is 23.2 Å². The Balaban J connectivity index is 1.62. The van der Waals surface area contributed by atoms with Crippen molar-refractivity contribution in [2.24, 2.45) is 0 Å². The van der Waals surface area contributed by atoms with Crippen LogP contribution in [0.25, 0.3) is 11.0 Å².